The maximum atomic E-state index is 13.7. The largest absolute Gasteiger partial charge is 0.306 e. The molecule has 1 aliphatic rings. The number of nitrogens with zero attached hydrogens (tertiary/aromatic N) is 2. The summed E-state index contributed by atoms with van der Waals surface area (Å²) in [7, 11) is 0. The second-order valence-corrected chi connectivity index (χ2v) is 5.50. The number of nitro benzene ring substituents is 1. The molecule has 116 valence electrons. The molecule has 0 fully saturated rings. The molecule has 0 atom stereocenters. The minimum Gasteiger partial charge on any atom is -0.287 e. The minimum absolute atomic E-state index is 0.0163. The van der Waals surface area contributed by atoms with Crippen molar-refractivity contribution in [2.75, 3.05) is 5.43 Å². The predicted octanol–water partition coefficient (Wildman–Crippen LogP) is 3.12. The van der Waals surface area contributed by atoms with Crippen LogP contribution in [0.5, 0.6) is 0 Å². The highest BCUT2D eigenvalue weighted by atomic mass is 79.9. The van der Waals surface area contributed by atoms with E-state index in [0.29, 0.717) is 0 Å². The topological polar surface area (TPSA) is 92.6 Å². The van der Waals surface area contributed by atoms with E-state index in [2.05, 4.69) is 21.4 Å². The Morgan fingerprint density at radius 3 is 2.22 bits per heavy atom. The van der Waals surface area contributed by atoms with Crippen LogP contribution in [0.1, 0.15) is 20.7 Å². The van der Waals surface area contributed by atoms with E-state index in [9.17, 15) is 24.1 Å². The number of imide groups is 1. The van der Waals surface area contributed by atoms with E-state index in [1.807, 2.05) is 0 Å². The maximum Gasteiger partial charge on any atom is 0.306 e. The molecule has 2 aromatic rings. The maximum absolute atomic E-state index is 13.7. The van der Waals surface area contributed by atoms with Crippen molar-refractivity contribution in [3.63, 3.8) is 0 Å². The van der Waals surface area contributed by atoms with Crippen LogP contribution in [0, 0.1) is 15.9 Å². The van der Waals surface area contributed by atoms with Gasteiger partial charge in [0.25, 0.3) is 11.8 Å². The molecule has 1 heterocycles. The molecule has 7 nitrogen and oxygen atoms in total. The highest BCUT2D eigenvalue weighted by Gasteiger charge is 2.36. The van der Waals surface area contributed by atoms with Crippen LogP contribution in [-0.2, 0) is 0 Å². The Morgan fingerprint density at radius 1 is 1.13 bits per heavy atom. The monoisotopic (exact) mass is 379 g/mol. The minimum atomic E-state index is -1.09. The first-order valence-electron chi connectivity index (χ1n) is 6.28. The van der Waals surface area contributed by atoms with Crippen LogP contribution in [0.2, 0.25) is 0 Å². The Bertz CT molecular complexity index is 836. The molecule has 0 bridgehead atoms. The van der Waals surface area contributed by atoms with Crippen LogP contribution in [0.15, 0.2) is 40.9 Å². The number of carbonyl (C=O) groups excluding carboxylic acids is 2. The molecule has 0 radical (unpaired) electrons. The van der Waals surface area contributed by atoms with Gasteiger partial charge in [0.15, 0.2) is 0 Å². The molecule has 0 saturated heterocycles. The van der Waals surface area contributed by atoms with E-state index < -0.39 is 28.2 Å². The van der Waals surface area contributed by atoms with E-state index in [0.717, 1.165) is 17.1 Å². The van der Waals surface area contributed by atoms with Crippen LogP contribution < -0.4 is 5.43 Å². The van der Waals surface area contributed by atoms with Crippen LogP contribution in [0.4, 0.5) is 15.8 Å². The number of carbonyl (C=O) groups is 2. The number of nitro groups is 1. The standard InChI is InChI=1S/C14H7BrFN3O4/c15-9-5-12(19(22)23)10(16)6-11(9)17-18-13(20)7-3-1-2-4-8(7)14(18)21/h1-6,17H. The Labute approximate surface area is 137 Å². The van der Waals surface area contributed by atoms with Gasteiger partial charge in [-0.25, -0.2) is 0 Å². The molecular formula is C14H7BrFN3O4. The van der Waals surface area contributed by atoms with Gasteiger partial charge in [0.1, 0.15) is 0 Å². The fourth-order valence-corrected chi connectivity index (χ4v) is 2.59. The Balaban J connectivity index is 1.95. The van der Waals surface area contributed by atoms with Crippen LogP contribution >= 0.6 is 15.9 Å². The van der Waals surface area contributed by atoms with Crippen molar-refractivity contribution in [3.05, 3.63) is 67.9 Å². The number of hydrazine groups is 1. The fourth-order valence-electron chi connectivity index (χ4n) is 2.17. The highest BCUT2D eigenvalue weighted by molar-refractivity contribution is 9.10. The molecule has 23 heavy (non-hydrogen) atoms. The zero-order chi connectivity index (χ0) is 16.7. The van der Waals surface area contributed by atoms with Gasteiger partial charge < -0.3 is 0 Å². The van der Waals surface area contributed by atoms with Crippen LogP contribution in [0.3, 0.4) is 0 Å². The summed E-state index contributed by atoms with van der Waals surface area (Å²) in [6.07, 6.45) is 0. The summed E-state index contributed by atoms with van der Waals surface area (Å²) in [5, 5.41) is 11.4. The van der Waals surface area contributed by atoms with E-state index >= 15 is 0 Å². The molecule has 1 N–H and O–H groups in total. The lowest BCUT2D eigenvalue weighted by Gasteiger charge is -2.17. The van der Waals surface area contributed by atoms with E-state index in [1.165, 1.54) is 12.1 Å². The lowest BCUT2D eigenvalue weighted by Crippen LogP contribution is -2.35. The molecule has 2 aromatic carbocycles. The second kappa shape index (κ2) is 5.43. The Hall–Kier alpha value is -2.81. The van der Waals surface area contributed by atoms with Crippen molar-refractivity contribution in [2.45, 2.75) is 0 Å². The summed E-state index contributed by atoms with van der Waals surface area (Å²) in [6, 6.07) is 8.04. The van der Waals surface area contributed by atoms with E-state index in [-0.39, 0.29) is 21.3 Å². The molecule has 3 rings (SSSR count). The zero-order valence-electron chi connectivity index (χ0n) is 11.2. The molecule has 0 spiro atoms. The van der Waals surface area contributed by atoms with Crippen molar-refractivity contribution in [1.82, 2.24) is 5.01 Å². The number of nitrogens with one attached hydrogen (secondary N) is 1. The number of halogens is 2. The molecule has 2 amide bonds. The number of hydrogen-bond acceptors (Lipinski definition) is 5. The quantitative estimate of drug-likeness (QED) is 0.502. The van der Waals surface area contributed by atoms with Gasteiger partial charge in [0, 0.05) is 16.6 Å². The van der Waals surface area contributed by atoms with Crippen molar-refractivity contribution in [2.24, 2.45) is 0 Å². The number of fused-ring (bicyclic) bond motifs is 1. The fraction of sp³-hybridized carbons (Fsp3) is 0. The molecule has 1 aliphatic heterocycles. The summed E-state index contributed by atoms with van der Waals surface area (Å²) in [4.78, 5) is 34.2. The molecule has 0 saturated carbocycles. The summed E-state index contributed by atoms with van der Waals surface area (Å²) in [5.74, 6) is -2.26. The SMILES string of the molecule is O=C1c2ccccc2C(=O)N1Nc1cc(F)c([N+](=O)[O-])cc1Br. The summed E-state index contributed by atoms with van der Waals surface area (Å²) in [6.45, 7) is 0. The number of anilines is 1. The third kappa shape index (κ3) is 2.44. The average Bonchev–Trinajstić information content (AvgIpc) is 2.76. The first-order chi connectivity index (χ1) is 10.9. The van der Waals surface area contributed by atoms with Crippen molar-refractivity contribution < 1.29 is 18.9 Å². The molecule has 0 unspecified atom stereocenters. The summed E-state index contributed by atoms with van der Waals surface area (Å²) in [5.41, 5.74) is 2.24. The predicted molar refractivity (Wildman–Crippen MR) is 81.3 cm³/mol. The lowest BCUT2D eigenvalue weighted by molar-refractivity contribution is -0.387. The molecule has 0 aromatic heterocycles. The van der Waals surface area contributed by atoms with Crippen molar-refractivity contribution in [3.8, 4) is 0 Å². The van der Waals surface area contributed by atoms with E-state index in [1.54, 1.807) is 12.1 Å². The Kier molecular flexibility index (Phi) is 3.57. The second-order valence-electron chi connectivity index (χ2n) is 4.64. The summed E-state index contributed by atoms with van der Waals surface area (Å²) >= 11 is 3.05. The number of benzene rings is 2. The third-order valence-corrected chi connectivity index (χ3v) is 3.92. The lowest BCUT2D eigenvalue weighted by atomic mass is 10.1. The number of hydrogen-bond donors (Lipinski definition) is 1. The normalized spacial score (nSPS) is 13.2. The van der Waals surface area contributed by atoms with Gasteiger partial charge >= 0.3 is 5.69 Å². The van der Waals surface area contributed by atoms with Gasteiger partial charge in [-0.1, -0.05) is 12.1 Å². The van der Waals surface area contributed by atoms with Gasteiger partial charge in [-0.2, -0.15) is 9.40 Å². The van der Waals surface area contributed by atoms with Gasteiger partial charge in [-0.3, -0.25) is 25.1 Å². The molecule has 0 aliphatic carbocycles. The molecular weight excluding hydrogens is 373 g/mol. The van der Waals surface area contributed by atoms with Gasteiger partial charge in [0.2, 0.25) is 5.82 Å². The van der Waals surface area contributed by atoms with Crippen LogP contribution in [-0.4, -0.2) is 21.7 Å². The number of rotatable bonds is 3. The average molecular weight is 380 g/mol. The summed E-state index contributed by atoms with van der Waals surface area (Å²) < 4.78 is 13.9. The van der Waals surface area contributed by atoms with Crippen molar-refractivity contribution >= 4 is 39.1 Å². The van der Waals surface area contributed by atoms with Crippen LogP contribution in [0.25, 0.3) is 0 Å². The van der Waals surface area contributed by atoms with Crippen molar-refractivity contribution in [1.29, 1.82) is 0 Å². The van der Waals surface area contributed by atoms with Gasteiger partial charge in [-0.05, 0) is 28.1 Å². The molecule has 9 heteroatoms. The van der Waals surface area contributed by atoms with Gasteiger partial charge in [-0.15, -0.1) is 0 Å². The smallest absolute Gasteiger partial charge is 0.287 e. The van der Waals surface area contributed by atoms with E-state index in [4.69, 9.17) is 0 Å². The Morgan fingerprint density at radius 2 is 1.70 bits per heavy atom. The highest BCUT2D eigenvalue weighted by Crippen LogP contribution is 2.32. The number of amides is 2. The van der Waals surface area contributed by atoms with Gasteiger partial charge in [0.05, 0.1) is 21.7 Å². The zero-order valence-corrected chi connectivity index (χ0v) is 12.8. The first-order valence-corrected chi connectivity index (χ1v) is 7.07. The first kappa shape index (κ1) is 15.1. The third-order valence-electron chi connectivity index (χ3n) is 3.26.